The maximum Gasteiger partial charge on any atom is 0.0312 e. The van der Waals surface area contributed by atoms with Crippen molar-refractivity contribution in [2.75, 3.05) is 6.54 Å². The van der Waals surface area contributed by atoms with Crippen molar-refractivity contribution < 1.29 is 2.74 Å². The van der Waals surface area contributed by atoms with Gasteiger partial charge in [-0.3, -0.25) is 4.90 Å². The average molecular weight is 221 g/mol. The summed E-state index contributed by atoms with van der Waals surface area (Å²) in [5.74, 6) is 0.0636. The summed E-state index contributed by atoms with van der Waals surface area (Å²) in [6.45, 7) is 11.6. The Morgan fingerprint density at radius 3 is 2.75 bits per heavy atom. The van der Waals surface area contributed by atoms with E-state index in [1.165, 1.54) is 24.8 Å². The van der Waals surface area contributed by atoms with Crippen molar-refractivity contribution in [1.29, 1.82) is 0 Å². The van der Waals surface area contributed by atoms with E-state index in [1.807, 2.05) is 13.8 Å². The van der Waals surface area contributed by atoms with Crippen molar-refractivity contribution in [2.45, 2.75) is 64.4 Å². The topological polar surface area (TPSA) is 3.24 Å². The van der Waals surface area contributed by atoms with Gasteiger partial charge in [-0.15, -0.1) is 0 Å². The van der Waals surface area contributed by atoms with Crippen molar-refractivity contribution in [3.05, 3.63) is 12.2 Å². The van der Waals surface area contributed by atoms with Gasteiger partial charge in [0.1, 0.15) is 0 Å². The van der Waals surface area contributed by atoms with E-state index in [-0.39, 0.29) is 16.9 Å². The third-order valence-electron chi connectivity index (χ3n) is 5.12. The van der Waals surface area contributed by atoms with E-state index in [4.69, 9.17) is 2.74 Å². The van der Waals surface area contributed by atoms with Crippen LogP contribution in [0, 0.1) is 11.3 Å². The van der Waals surface area contributed by atoms with Crippen LogP contribution in [0.5, 0.6) is 0 Å². The van der Waals surface area contributed by atoms with Crippen molar-refractivity contribution in [3.8, 4) is 0 Å². The van der Waals surface area contributed by atoms with Crippen LogP contribution < -0.4 is 0 Å². The summed E-state index contributed by atoms with van der Waals surface area (Å²) in [6, 6.07) is 0.360. The van der Waals surface area contributed by atoms with Crippen LogP contribution in [-0.2, 0) is 0 Å². The Morgan fingerprint density at radius 2 is 2.19 bits per heavy atom. The minimum atomic E-state index is -1.12. The first-order chi connectivity index (χ1) is 8.28. The molecule has 0 aromatic rings. The molecule has 0 aromatic carbocycles. The van der Waals surface area contributed by atoms with Gasteiger partial charge in [0, 0.05) is 14.3 Å². The van der Waals surface area contributed by atoms with Gasteiger partial charge in [0.2, 0.25) is 0 Å². The molecule has 0 aromatic heterocycles. The van der Waals surface area contributed by atoms with Crippen LogP contribution in [0.3, 0.4) is 0 Å². The molecule has 2 atom stereocenters. The summed E-state index contributed by atoms with van der Waals surface area (Å²) in [5.41, 5.74) is 1.24. The van der Waals surface area contributed by atoms with Crippen molar-refractivity contribution in [1.82, 2.24) is 4.90 Å². The average Bonchev–Trinajstić information content (AvgIpc) is 2.93. The SMILES string of the molecule is [2H]C([2H])(C(C)C)[C@]12CC(=C)[C@@H](C)N1CCC21CC1. The highest BCUT2D eigenvalue weighted by Crippen LogP contribution is 2.68. The highest BCUT2D eigenvalue weighted by Gasteiger charge is 2.67. The molecule has 3 aliphatic rings. The van der Waals surface area contributed by atoms with Gasteiger partial charge in [-0.25, -0.2) is 0 Å². The van der Waals surface area contributed by atoms with Crippen LogP contribution in [0.25, 0.3) is 0 Å². The minimum absolute atomic E-state index is 0.0636. The maximum atomic E-state index is 8.76. The van der Waals surface area contributed by atoms with Crippen LogP contribution in [0.15, 0.2) is 12.2 Å². The van der Waals surface area contributed by atoms with Crippen molar-refractivity contribution >= 4 is 0 Å². The lowest BCUT2D eigenvalue weighted by Gasteiger charge is -2.40. The Bertz CT molecular complexity index is 397. The van der Waals surface area contributed by atoms with Gasteiger partial charge < -0.3 is 0 Å². The number of fused-ring (bicyclic) bond motifs is 2. The van der Waals surface area contributed by atoms with Gasteiger partial charge in [0.25, 0.3) is 0 Å². The normalized spacial score (nSPS) is 43.8. The third-order valence-corrected chi connectivity index (χ3v) is 5.12. The summed E-state index contributed by atoms with van der Waals surface area (Å²) in [6.07, 6.45) is 3.38. The molecule has 0 N–H and O–H groups in total. The second-order valence-corrected chi connectivity index (χ2v) is 6.39. The van der Waals surface area contributed by atoms with Gasteiger partial charge in [-0.2, -0.15) is 0 Å². The van der Waals surface area contributed by atoms with Crippen LogP contribution in [0.2, 0.25) is 0 Å². The zero-order valence-electron chi connectivity index (χ0n) is 12.8. The predicted octanol–water partition coefficient (Wildman–Crippen LogP) is 3.61. The summed E-state index contributed by atoms with van der Waals surface area (Å²) in [4.78, 5) is 2.46. The van der Waals surface area contributed by atoms with Crippen LogP contribution in [0.1, 0.15) is 55.6 Å². The van der Waals surface area contributed by atoms with E-state index in [9.17, 15) is 0 Å². The van der Waals surface area contributed by atoms with Crippen LogP contribution in [-0.4, -0.2) is 23.0 Å². The maximum absolute atomic E-state index is 8.76. The van der Waals surface area contributed by atoms with Gasteiger partial charge >= 0.3 is 0 Å². The molecule has 1 heteroatoms. The second-order valence-electron chi connectivity index (χ2n) is 6.39. The van der Waals surface area contributed by atoms with Gasteiger partial charge in [-0.05, 0) is 56.9 Å². The number of nitrogens with zero attached hydrogens (tertiary/aromatic N) is 1. The van der Waals surface area contributed by atoms with Crippen LogP contribution >= 0.6 is 0 Å². The van der Waals surface area contributed by atoms with Gasteiger partial charge in [0.15, 0.2) is 0 Å². The van der Waals surface area contributed by atoms with E-state index in [0.717, 1.165) is 13.0 Å². The quantitative estimate of drug-likeness (QED) is 0.644. The first-order valence-corrected chi connectivity index (χ1v) is 6.73. The Balaban J connectivity index is 2.12. The standard InChI is InChI=1S/C15H25N/c1-11(2)9-15-10-12(3)13(4)16(15)8-7-14(15)5-6-14/h11,13H,3,5-10H2,1-2,4H3/t13-,15-/m1/s1/i9D2. The molecule has 1 saturated carbocycles. The van der Waals surface area contributed by atoms with Crippen LogP contribution in [0.4, 0.5) is 0 Å². The Labute approximate surface area is 103 Å². The lowest BCUT2D eigenvalue weighted by atomic mass is 9.74. The zero-order chi connectivity index (χ0) is 13.3. The molecule has 3 rings (SSSR count). The molecule has 3 fully saturated rings. The van der Waals surface area contributed by atoms with E-state index in [2.05, 4.69) is 18.4 Å². The fourth-order valence-corrected chi connectivity index (χ4v) is 4.13. The lowest BCUT2D eigenvalue weighted by molar-refractivity contribution is 0.0869. The molecule has 0 bridgehead atoms. The first kappa shape index (κ1) is 8.74. The summed E-state index contributed by atoms with van der Waals surface area (Å²) in [7, 11) is 0. The molecule has 0 amide bonds. The molecule has 90 valence electrons. The fraction of sp³-hybridized carbons (Fsp3) is 0.867. The number of rotatable bonds is 2. The highest BCUT2D eigenvalue weighted by atomic mass is 15.3. The molecule has 2 saturated heterocycles. The number of hydrogen-bond acceptors (Lipinski definition) is 1. The predicted molar refractivity (Wildman–Crippen MR) is 68.4 cm³/mol. The molecular weight excluding hydrogens is 194 g/mol. The summed E-state index contributed by atoms with van der Waals surface area (Å²) in [5, 5.41) is 0. The molecule has 2 aliphatic heterocycles. The Morgan fingerprint density at radius 1 is 1.50 bits per heavy atom. The fourth-order valence-electron chi connectivity index (χ4n) is 4.13. The summed E-state index contributed by atoms with van der Waals surface area (Å²) >= 11 is 0. The lowest BCUT2D eigenvalue weighted by Crippen LogP contribution is -2.47. The Hall–Kier alpha value is -0.300. The first-order valence-electron chi connectivity index (χ1n) is 7.73. The molecular formula is C15H25N. The van der Waals surface area contributed by atoms with E-state index in [0.29, 0.717) is 6.04 Å². The third kappa shape index (κ3) is 1.16. The smallest absolute Gasteiger partial charge is 0.0312 e. The van der Waals surface area contributed by atoms with E-state index < -0.39 is 6.37 Å². The minimum Gasteiger partial charge on any atom is -0.290 e. The monoisotopic (exact) mass is 221 g/mol. The van der Waals surface area contributed by atoms with Crippen molar-refractivity contribution in [3.63, 3.8) is 0 Å². The molecule has 16 heavy (non-hydrogen) atoms. The van der Waals surface area contributed by atoms with E-state index in [1.54, 1.807) is 0 Å². The number of hydrogen-bond donors (Lipinski definition) is 0. The molecule has 1 spiro atoms. The molecule has 2 heterocycles. The van der Waals surface area contributed by atoms with Gasteiger partial charge in [-0.1, -0.05) is 26.0 Å². The molecule has 1 nitrogen and oxygen atoms in total. The van der Waals surface area contributed by atoms with Gasteiger partial charge in [0.05, 0.1) is 0 Å². The van der Waals surface area contributed by atoms with E-state index >= 15 is 0 Å². The molecule has 0 unspecified atom stereocenters. The Kier molecular flexibility index (Phi) is 1.71. The largest absolute Gasteiger partial charge is 0.290 e. The highest BCUT2D eigenvalue weighted by molar-refractivity contribution is 5.30. The van der Waals surface area contributed by atoms with Crippen molar-refractivity contribution in [2.24, 2.45) is 11.3 Å². The summed E-state index contributed by atoms with van der Waals surface area (Å²) < 4.78 is 17.5. The molecule has 1 aliphatic carbocycles. The second kappa shape index (κ2) is 3.13. The zero-order valence-corrected chi connectivity index (χ0v) is 10.8. The molecule has 0 radical (unpaired) electrons.